The van der Waals surface area contributed by atoms with Crippen molar-refractivity contribution in [2.45, 2.75) is 12.8 Å². The molecule has 5 heteroatoms. The standard InChI is InChI=1S/C16H14Cl2FNO/c17-13-4-3-12(15(18)10-13)9-16(21)20-8-7-11-1-5-14(19)6-2-11/h1-6,10H,7-9H2,(H,20,21). The Morgan fingerprint density at radius 3 is 2.48 bits per heavy atom. The van der Waals surface area contributed by atoms with Gasteiger partial charge in [0, 0.05) is 16.6 Å². The summed E-state index contributed by atoms with van der Waals surface area (Å²) in [6, 6.07) is 11.3. The van der Waals surface area contributed by atoms with Crippen LogP contribution in [0.2, 0.25) is 10.0 Å². The number of carbonyl (C=O) groups is 1. The van der Waals surface area contributed by atoms with Crippen molar-refractivity contribution in [2.24, 2.45) is 0 Å². The molecule has 1 amide bonds. The Balaban J connectivity index is 1.81. The lowest BCUT2D eigenvalue weighted by Crippen LogP contribution is -2.27. The molecule has 0 bridgehead atoms. The molecule has 0 unspecified atom stereocenters. The van der Waals surface area contributed by atoms with E-state index in [9.17, 15) is 9.18 Å². The van der Waals surface area contributed by atoms with Crippen LogP contribution in [0.15, 0.2) is 42.5 Å². The number of amides is 1. The van der Waals surface area contributed by atoms with Crippen molar-refractivity contribution in [3.05, 3.63) is 69.5 Å². The third-order valence-electron chi connectivity index (χ3n) is 3.02. The van der Waals surface area contributed by atoms with Gasteiger partial charge in [-0.1, -0.05) is 41.4 Å². The summed E-state index contributed by atoms with van der Waals surface area (Å²) in [5.41, 5.74) is 1.71. The smallest absolute Gasteiger partial charge is 0.224 e. The van der Waals surface area contributed by atoms with Crippen LogP contribution in [-0.2, 0) is 17.6 Å². The molecule has 110 valence electrons. The molecule has 2 nitrogen and oxygen atoms in total. The summed E-state index contributed by atoms with van der Waals surface area (Å²) in [4.78, 5) is 11.8. The van der Waals surface area contributed by atoms with Crippen molar-refractivity contribution in [3.8, 4) is 0 Å². The van der Waals surface area contributed by atoms with Gasteiger partial charge in [0.15, 0.2) is 0 Å². The maximum atomic E-state index is 12.8. The fourth-order valence-electron chi connectivity index (χ4n) is 1.90. The van der Waals surface area contributed by atoms with E-state index < -0.39 is 0 Å². The van der Waals surface area contributed by atoms with Crippen LogP contribution in [0.25, 0.3) is 0 Å². The van der Waals surface area contributed by atoms with Crippen LogP contribution in [0.3, 0.4) is 0 Å². The number of nitrogens with one attached hydrogen (secondary N) is 1. The van der Waals surface area contributed by atoms with E-state index in [-0.39, 0.29) is 18.1 Å². The Bertz CT molecular complexity index is 629. The van der Waals surface area contributed by atoms with Gasteiger partial charge in [-0.2, -0.15) is 0 Å². The summed E-state index contributed by atoms with van der Waals surface area (Å²) in [6.07, 6.45) is 0.861. The maximum Gasteiger partial charge on any atom is 0.224 e. The predicted octanol–water partition coefficient (Wildman–Crippen LogP) is 4.03. The van der Waals surface area contributed by atoms with E-state index in [1.54, 1.807) is 30.3 Å². The summed E-state index contributed by atoms with van der Waals surface area (Å²) in [5, 5.41) is 3.84. The van der Waals surface area contributed by atoms with Crippen LogP contribution < -0.4 is 5.32 Å². The minimum absolute atomic E-state index is 0.110. The molecule has 0 aliphatic carbocycles. The molecule has 21 heavy (non-hydrogen) atoms. The van der Waals surface area contributed by atoms with Gasteiger partial charge in [0.1, 0.15) is 5.82 Å². The van der Waals surface area contributed by atoms with Crippen LogP contribution in [0, 0.1) is 5.82 Å². The summed E-state index contributed by atoms with van der Waals surface area (Å²) >= 11 is 11.8. The first-order valence-electron chi connectivity index (χ1n) is 6.49. The first-order chi connectivity index (χ1) is 10.0. The summed E-state index contributed by atoms with van der Waals surface area (Å²) in [6.45, 7) is 0.496. The fraction of sp³-hybridized carbons (Fsp3) is 0.188. The maximum absolute atomic E-state index is 12.8. The average molecular weight is 326 g/mol. The summed E-state index contributed by atoms with van der Waals surface area (Å²) in [7, 11) is 0. The number of hydrogen-bond acceptors (Lipinski definition) is 1. The zero-order chi connectivity index (χ0) is 15.2. The normalized spacial score (nSPS) is 10.4. The van der Waals surface area contributed by atoms with E-state index >= 15 is 0 Å². The van der Waals surface area contributed by atoms with E-state index in [1.807, 2.05) is 0 Å². The second-order valence-electron chi connectivity index (χ2n) is 4.64. The molecule has 1 N–H and O–H groups in total. The van der Waals surface area contributed by atoms with Crippen molar-refractivity contribution in [1.29, 1.82) is 0 Å². The van der Waals surface area contributed by atoms with E-state index in [0.29, 0.717) is 23.0 Å². The van der Waals surface area contributed by atoms with Gasteiger partial charge >= 0.3 is 0 Å². The fourth-order valence-corrected chi connectivity index (χ4v) is 2.37. The Hall–Kier alpha value is -1.58. The Kier molecular flexibility index (Phi) is 5.59. The van der Waals surface area contributed by atoms with Crippen LogP contribution in [0.5, 0.6) is 0 Å². The van der Waals surface area contributed by atoms with Crippen molar-refractivity contribution < 1.29 is 9.18 Å². The summed E-state index contributed by atoms with van der Waals surface area (Å²) < 4.78 is 12.8. The van der Waals surface area contributed by atoms with Gasteiger partial charge in [-0.3, -0.25) is 4.79 Å². The monoisotopic (exact) mass is 325 g/mol. The third kappa shape index (κ3) is 5.03. The van der Waals surface area contributed by atoms with Gasteiger partial charge in [0.25, 0.3) is 0 Å². The van der Waals surface area contributed by atoms with Crippen molar-refractivity contribution >= 4 is 29.1 Å². The molecule has 0 saturated heterocycles. The number of benzene rings is 2. The molecule has 0 aliphatic rings. The lowest BCUT2D eigenvalue weighted by atomic mass is 10.1. The molecule has 2 aromatic carbocycles. The van der Waals surface area contributed by atoms with E-state index in [2.05, 4.69) is 5.32 Å². The number of hydrogen-bond donors (Lipinski definition) is 1. The number of rotatable bonds is 5. The van der Waals surface area contributed by atoms with Gasteiger partial charge in [-0.25, -0.2) is 4.39 Å². The Labute approximate surface area is 132 Å². The van der Waals surface area contributed by atoms with Crippen LogP contribution in [0.1, 0.15) is 11.1 Å². The highest BCUT2D eigenvalue weighted by Gasteiger charge is 2.07. The van der Waals surface area contributed by atoms with Gasteiger partial charge in [-0.05, 0) is 41.8 Å². The second kappa shape index (κ2) is 7.43. The van der Waals surface area contributed by atoms with Gasteiger partial charge in [-0.15, -0.1) is 0 Å². The van der Waals surface area contributed by atoms with Crippen molar-refractivity contribution in [2.75, 3.05) is 6.54 Å². The van der Waals surface area contributed by atoms with Crippen LogP contribution in [0.4, 0.5) is 4.39 Å². The number of carbonyl (C=O) groups excluding carboxylic acids is 1. The average Bonchev–Trinajstić information content (AvgIpc) is 2.44. The second-order valence-corrected chi connectivity index (χ2v) is 5.48. The van der Waals surface area contributed by atoms with Crippen LogP contribution >= 0.6 is 23.2 Å². The first-order valence-corrected chi connectivity index (χ1v) is 7.25. The van der Waals surface area contributed by atoms with E-state index in [0.717, 1.165) is 11.1 Å². The van der Waals surface area contributed by atoms with Crippen molar-refractivity contribution in [1.82, 2.24) is 5.32 Å². The highest BCUT2D eigenvalue weighted by molar-refractivity contribution is 6.35. The SMILES string of the molecule is O=C(Cc1ccc(Cl)cc1Cl)NCCc1ccc(F)cc1. The molecule has 0 fully saturated rings. The molecule has 0 spiro atoms. The molecule has 0 aromatic heterocycles. The molecule has 2 rings (SSSR count). The predicted molar refractivity (Wildman–Crippen MR) is 83.3 cm³/mol. The van der Waals surface area contributed by atoms with Gasteiger partial charge in [0.2, 0.25) is 5.91 Å². The molecule has 0 atom stereocenters. The molecule has 0 radical (unpaired) electrons. The van der Waals surface area contributed by atoms with E-state index in [1.165, 1.54) is 12.1 Å². The highest BCUT2D eigenvalue weighted by Crippen LogP contribution is 2.21. The molecular formula is C16H14Cl2FNO. The molecule has 0 heterocycles. The van der Waals surface area contributed by atoms with Crippen LogP contribution in [-0.4, -0.2) is 12.5 Å². The lowest BCUT2D eigenvalue weighted by Gasteiger charge is -2.07. The molecule has 2 aromatic rings. The Morgan fingerprint density at radius 2 is 1.81 bits per heavy atom. The van der Waals surface area contributed by atoms with Gasteiger partial charge < -0.3 is 5.32 Å². The zero-order valence-corrected chi connectivity index (χ0v) is 12.7. The number of halogens is 3. The largest absolute Gasteiger partial charge is 0.355 e. The zero-order valence-electron chi connectivity index (χ0n) is 11.2. The van der Waals surface area contributed by atoms with Crippen molar-refractivity contribution in [3.63, 3.8) is 0 Å². The minimum atomic E-state index is -0.264. The third-order valence-corrected chi connectivity index (χ3v) is 3.60. The molecular weight excluding hydrogens is 312 g/mol. The van der Waals surface area contributed by atoms with Gasteiger partial charge in [0.05, 0.1) is 6.42 Å². The lowest BCUT2D eigenvalue weighted by molar-refractivity contribution is -0.120. The highest BCUT2D eigenvalue weighted by atomic mass is 35.5. The molecule has 0 aliphatic heterocycles. The summed E-state index contributed by atoms with van der Waals surface area (Å²) in [5.74, 6) is -0.374. The minimum Gasteiger partial charge on any atom is -0.355 e. The Morgan fingerprint density at radius 1 is 1.10 bits per heavy atom. The first kappa shape index (κ1) is 15.8. The molecule has 0 saturated carbocycles. The van der Waals surface area contributed by atoms with E-state index in [4.69, 9.17) is 23.2 Å². The quantitative estimate of drug-likeness (QED) is 0.883. The topological polar surface area (TPSA) is 29.1 Å².